The molecule has 0 unspecified atom stereocenters. The number of nitrogens with zero attached hydrogens (tertiary/aromatic N) is 2. The van der Waals surface area contributed by atoms with Crippen LogP contribution >= 0.6 is 15.9 Å². The Morgan fingerprint density at radius 1 is 0.773 bits per heavy atom. The van der Waals surface area contributed by atoms with Crippen LogP contribution in [0.25, 0.3) is 28.2 Å². The van der Waals surface area contributed by atoms with Crippen molar-refractivity contribution in [2.75, 3.05) is 0 Å². The van der Waals surface area contributed by atoms with Crippen LogP contribution in [0.5, 0.6) is 0 Å². The summed E-state index contributed by atoms with van der Waals surface area (Å²) in [4.78, 5) is 4.92. The molecule has 0 aliphatic heterocycles. The van der Waals surface area contributed by atoms with Gasteiger partial charge in [0.1, 0.15) is 5.82 Å². The van der Waals surface area contributed by atoms with E-state index in [1.807, 2.05) is 48.5 Å². The number of pyridine rings is 1. The Hall–Kier alpha value is -2.39. The normalized spacial score (nSPS) is 11.0. The van der Waals surface area contributed by atoms with Crippen LogP contribution in [-0.2, 0) is 0 Å². The number of halogens is 1. The summed E-state index contributed by atoms with van der Waals surface area (Å²) in [7, 11) is 0. The molecule has 2 aromatic carbocycles. The minimum atomic E-state index is 0.946. The van der Waals surface area contributed by atoms with Crippen molar-refractivity contribution in [3.8, 4) is 22.6 Å². The second-order valence-electron chi connectivity index (χ2n) is 5.09. The van der Waals surface area contributed by atoms with Gasteiger partial charge in [0.05, 0.1) is 11.2 Å². The second kappa shape index (κ2) is 5.43. The molecular weight excluding hydrogens is 336 g/mol. The van der Waals surface area contributed by atoms with Crippen LogP contribution in [0.4, 0.5) is 0 Å². The fourth-order valence-corrected chi connectivity index (χ4v) is 3.14. The molecule has 2 heterocycles. The zero-order chi connectivity index (χ0) is 14.9. The summed E-state index contributed by atoms with van der Waals surface area (Å²) in [5.41, 5.74) is 4.33. The van der Waals surface area contributed by atoms with Crippen LogP contribution in [0, 0.1) is 0 Å². The zero-order valence-electron chi connectivity index (χ0n) is 11.8. The van der Waals surface area contributed by atoms with Crippen molar-refractivity contribution in [3.05, 3.63) is 83.5 Å². The molecule has 0 fully saturated rings. The molecule has 0 spiro atoms. The molecule has 0 saturated heterocycles. The SMILES string of the molecule is Brc1ccccc1-c1nc(-c2ccccc2)c2ccccn12. The standard InChI is InChI=1S/C19H13BrN2/c20-16-11-5-4-10-15(16)19-21-18(14-8-2-1-3-9-14)17-12-6-7-13-22(17)19/h1-13H. The lowest BCUT2D eigenvalue weighted by molar-refractivity contribution is 1.16. The van der Waals surface area contributed by atoms with Crippen molar-refractivity contribution in [1.82, 2.24) is 9.38 Å². The highest BCUT2D eigenvalue weighted by atomic mass is 79.9. The van der Waals surface area contributed by atoms with Gasteiger partial charge in [-0.2, -0.15) is 0 Å². The van der Waals surface area contributed by atoms with E-state index in [1.54, 1.807) is 0 Å². The molecule has 0 bridgehead atoms. The minimum absolute atomic E-state index is 0.946. The van der Waals surface area contributed by atoms with Crippen molar-refractivity contribution in [3.63, 3.8) is 0 Å². The van der Waals surface area contributed by atoms with Gasteiger partial charge < -0.3 is 0 Å². The van der Waals surface area contributed by atoms with E-state index in [4.69, 9.17) is 4.98 Å². The molecule has 106 valence electrons. The number of imidazole rings is 1. The molecular formula is C19H13BrN2. The van der Waals surface area contributed by atoms with Gasteiger partial charge in [-0.15, -0.1) is 0 Å². The highest BCUT2D eigenvalue weighted by molar-refractivity contribution is 9.10. The Labute approximate surface area is 137 Å². The fraction of sp³-hybridized carbons (Fsp3) is 0. The predicted octanol–water partition coefficient (Wildman–Crippen LogP) is 5.43. The van der Waals surface area contributed by atoms with Crippen LogP contribution in [-0.4, -0.2) is 9.38 Å². The van der Waals surface area contributed by atoms with Gasteiger partial charge in [-0.3, -0.25) is 4.40 Å². The highest BCUT2D eigenvalue weighted by Crippen LogP contribution is 2.32. The van der Waals surface area contributed by atoms with Crippen LogP contribution in [0.3, 0.4) is 0 Å². The van der Waals surface area contributed by atoms with Crippen LogP contribution < -0.4 is 0 Å². The lowest BCUT2D eigenvalue weighted by Gasteiger charge is -2.03. The third-order valence-electron chi connectivity index (χ3n) is 3.71. The monoisotopic (exact) mass is 348 g/mol. The highest BCUT2D eigenvalue weighted by Gasteiger charge is 2.15. The first-order valence-electron chi connectivity index (χ1n) is 7.12. The zero-order valence-corrected chi connectivity index (χ0v) is 13.4. The third kappa shape index (κ3) is 2.14. The average Bonchev–Trinajstić information content (AvgIpc) is 2.96. The molecule has 3 heteroatoms. The summed E-state index contributed by atoms with van der Waals surface area (Å²) in [6.45, 7) is 0. The quantitative estimate of drug-likeness (QED) is 0.472. The van der Waals surface area contributed by atoms with Crippen molar-refractivity contribution in [2.24, 2.45) is 0 Å². The molecule has 0 aliphatic carbocycles. The van der Waals surface area contributed by atoms with Gasteiger partial charge >= 0.3 is 0 Å². The Morgan fingerprint density at radius 2 is 1.50 bits per heavy atom. The molecule has 4 aromatic rings. The fourth-order valence-electron chi connectivity index (χ4n) is 2.68. The molecule has 2 aromatic heterocycles. The maximum absolute atomic E-state index is 4.92. The van der Waals surface area contributed by atoms with Crippen molar-refractivity contribution in [1.29, 1.82) is 0 Å². The summed E-state index contributed by atoms with van der Waals surface area (Å²) in [6.07, 6.45) is 2.06. The maximum Gasteiger partial charge on any atom is 0.146 e. The van der Waals surface area contributed by atoms with E-state index in [-0.39, 0.29) is 0 Å². The van der Waals surface area contributed by atoms with Crippen LogP contribution in [0.15, 0.2) is 83.5 Å². The van der Waals surface area contributed by atoms with Gasteiger partial charge in [-0.05, 0) is 18.2 Å². The number of hydrogen-bond donors (Lipinski definition) is 0. The molecule has 0 aliphatic rings. The van der Waals surface area contributed by atoms with Gasteiger partial charge in [-0.1, -0.05) is 70.5 Å². The molecule has 2 nitrogen and oxygen atoms in total. The van der Waals surface area contributed by atoms with E-state index in [0.717, 1.165) is 32.6 Å². The number of hydrogen-bond acceptors (Lipinski definition) is 1. The Kier molecular flexibility index (Phi) is 3.28. The summed E-state index contributed by atoms with van der Waals surface area (Å²) in [6, 6.07) is 24.7. The molecule has 0 N–H and O–H groups in total. The third-order valence-corrected chi connectivity index (χ3v) is 4.40. The van der Waals surface area contributed by atoms with Gasteiger partial charge in [0.15, 0.2) is 0 Å². The first kappa shape index (κ1) is 13.3. The number of aromatic nitrogens is 2. The predicted molar refractivity (Wildman–Crippen MR) is 93.8 cm³/mol. The summed E-state index contributed by atoms with van der Waals surface area (Å²) >= 11 is 3.63. The summed E-state index contributed by atoms with van der Waals surface area (Å²) in [5.74, 6) is 0.946. The number of fused-ring (bicyclic) bond motifs is 1. The maximum atomic E-state index is 4.92. The van der Waals surface area contributed by atoms with Gasteiger partial charge in [0.25, 0.3) is 0 Å². The Balaban J connectivity index is 2.04. The lowest BCUT2D eigenvalue weighted by atomic mass is 10.1. The van der Waals surface area contributed by atoms with Crippen LogP contribution in [0.1, 0.15) is 0 Å². The molecule has 0 saturated carbocycles. The number of benzene rings is 2. The van der Waals surface area contributed by atoms with Gasteiger partial charge in [-0.25, -0.2) is 4.98 Å². The molecule has 0 atom stereocenters. The Morgan fingerprint density at radius 3 is 2.32 bits per heavy atom. The molecule has 0 amide bonds. The molecule has 0 radical (unpaired) electrons. The van der Waals surface area contributed by atoms with E-state index in [0.29, 0.717) is 0 Å². The lowest BCUT2D eigenvalue weighted by Crippen LogP contribution is -1.89. The first-order chi connectivity index (χ1) is 10.8. The van der Waals surface area contributed by atoms with E-state index < -0.39 is 0 Å². The Bertz CT molecular complexity index is 942. The molecule has 22 heavy (non-hydrogen) atoms. The van der Waals surface area contributed by atoms with E-state index in [1.165, 1.54) is 0 Å². The molecule has 4 rings (SSSR count). The average molecular weight is 349 g/mol. The summed E-state index contributed by atoms with van der Waals surface area (Å²) < 4.78 is 3.19. The van der Waals surface area contributed by atoms with E-state index >= 15 is 0 Å². The van der Waals surface area contributed by atoms with E-state index in [2.05, 4.69) is 50.8 Å². The topological polar surface area (TPSA) is 17.3 Å². The first-order valence-corrected chi connectivity index (χ1v) is 7.91. The van der Waals surface area contributed by atoms with Gasteiger partial charge in [0.2, 0.25) is 0 Å². The van der Waals surface area contributed by atoms with E-state index in [9.17, 15) is 0 Å². The second-order valence-corrected chi connectivity index (χ2v) is 5.94. The van der Waals surface area contributed by atoms with Crippen molar-refractivity contribution in [2.45, 2.75) is 0 Å². The van der Waals surface area contributed by atoms with Crippen molar-refractivity contribution < 1.29 is 0 Å². The number of rotatable bonds is 2. The van der Waals surface area contributed by atoms with Gasteiger partial charge in [0, 0.05) is 21.8 Å². The smallest absolute Gasteiger partial charge is 0.146 e. The van der Waals surface area contributed by atoms with Crippen molar-refractivity contribution >= 4 is 21.4 Å². The largest absolute Gasteiger partial charge is 0.299 e. The van der Waals surface area contributed by atoms with Crippen LogP contribution in [0.2, 0.25) is 0 Å². The minimum Gasteiger partial charge on any atom is -0.299 e. The summed E-state index contributed by atoms with van der Waals surface area (Å²) in [5, 5.41) is 0.